The molecule has 0 aromatic heterocycles. The first-order valence-electron chi connectivity index (χ1n) is 5.40. The first kappa shape index (κ1) is 12.3. The second kappa shape index (κ2) is 5.47. The molecule has 0 saturated carbocycles. The Morgan fingerprint density at radius 1 is 1.56 bits per heavy atom. The van der Waals surface area contributed by atoms with Crippen molar-refractivity contribution in [3.05, 3.63) is 12.7 Å². The van der Waals surface area contributed by atoms with E-state index in [1.54, 1.807) is 6.08 Å². The molecular weight excluding hydrogens is 244 g/mol. The van der Waals surface area contributed by atoms with Crippen LogP contribution in [0.3, 0.4) is 0 Å². The minimum absolute atomic E-state index is 0.0670. The van der Waals surface area contributed by atoms with Crippen LogP contribution in [0.4, 0.5) is 0 Å². The third-order valence-corrected chi connectivity index (χ3v) is 6.06. The van der Waals surface area contributed by atoms with Gasteiger partial charge in [-0.3, -0.25) is 4.79 Å². The molecule has 2 fully saturated rings. The van der Waals surface area contributed by atoms with Gasteiger partial charge in [-0.25, -0.2) is 0 Å². The maximum absolute atomic E-state index is 11.5. The molecule has 5 heteroatoms. The van der Waals surface area contributed by atoms with Gasteiger partial charge in [0.05, 0.1) is 23.7 Å². The van der Waals surface area contributed by atoms with Crippen LogP contribution in [0.2, 0.25) is 0 Å². The number of ether oxygens (including phenoxy) is 2. The minimum Gasteiger partial charge on any atom is -0.460 e. The highest BCUT2D eigenvalue weighted by Crippen LogP contribution is 2.51. The van der Waals surface area contributed by atoms with E-state index in [9.17, 15) is 4.79 Å². The molecule has 2 rings (SSSR count). The lowest BCUT2D eigenvalue weighted by molar-refractivity contribution is -0.157. The Labute approximate surface area is 104 Å². The molecule has 90 valence electrons. The Bertz CT molecular complexity index is 274. The second-order valence-corrected chi connectivity index (χ2v) is 7.14. The maximum atomic E-state index is 11.5. The summed E-state index contributed by atoms with van der Waals surface area (Å²) in [7, 11) is 0. The van der Waals surface area contributed by atoms with Gasteiger partial charge in [-0.2, -0.15) is 0 Å². The third-order valence-electron chi connectivity index (χ3n) is 2.60. The Hall–Kier alpha value is -0.130. The molecular formula is C11H16O3S2. The number of carbonyl (C=O) groups excluding carboxylic acids is 1. The molecule has 0 N–H and O–H groups in total. The van der Waals surface area contributed by atoms with Gasteiger partial charge >= 0.3 is 5.97 Å². The fourth-order valence-corrected chi connectivity index (χ4v) is 5.29. The first-order valence-corrected chi connectivity index (χ1v) is 7.37. The van der Waals surface area contributed by atoms with Gasteiger partial charge < -0.3 is 9.47 Å². The predicted molar refractivity (Wildman–Crippen MR) is 67.8 cm³/mol. The van der Waals surface area contributed by atoms with E-state index in [4.69, 9.17) is 9.47 Å². The predicted octanol–water partition coefficient (Wildman–Crippen LogP) is 2.07. The molecule has 0 aliphatic carbocycles. The van der Waals surface area contributed by atoms with Crippen molar-refractivity contribution in [2.45, 2.75) is 23.0 Å². The Balaban J connectivity index is 1.89. The van der Waals surface area contributed by atoms with E-state index in [0.717, 1.165) is 17.9 Å². The second-order valence-electron chi connectivity index (χ2n) is 3.93. The van der Waals surface area contributed by atoms with E-state index >= 15 is 0 Å². The third kappa shape index (κ3) is 2.96. The Morgan fingerprint density at radius 2 is 2.31 bits per heavy atom. The summed E-state index contributed by atoms with van der Waals surface area (Å²) in [6.07, 6.45) is 3.07. The number of thioether (sulfide) groups is 2. The average molecular weight is 260 g/mol. The molecule has 3 nitrogen and oxygen atoms in total. The van der Waals surface area contributed by atoms with E-state index < -0.39 is 0 Å². The average Bonchev–Trinajstić information content (AvgIpc) is 2.65. The number of hydrogen-bond acceptors (Lipinski definition) is 5. The Morgan fingerprint density at radius 3 is 3.00 bits per heavy atom. The van der Waals surface area contributed by atoms with E-state index in [-0.39, 0.29) is 16.2 Å². The fraction of sp³-hybridized carbons (Fsp3) is 0.727. The topological polar surface area (TPSA) is 35.5 Å². The van der Waals surface area contributed by atoms with Gasteiger partial charge in [-0.1, -0.05) is 6.08 Å². The van der Waals surface area contributed by atoms with E-state index in [1.807, 2.05) is 23.5 Å². The SMILES string of the molecule is C=CCOCC1CC2(CC(=O)O1)SCCS2. The van der Waals surface area contributed by atoms with Crippen LogP contribution in [-0.2, 0) is 14.3 Å². The summed E-state index contributed by atoms with van der Waals surface area (Å²) in [5, 5.41) is 0. The summed E-state index contributed by atoms with van der Waals surface area (Å²) >= 11 is 3.80. The fourth-order valence-electron chi connectivity index (χ4n) is 2.00. The number of carbonyl (C=O) groups is 1. The van der Waals surface area contributed by atoms with E-state index in [1.165, 1.54) is 0 Å². The molecule has 2 heterocycles. The molecule has 1 spiro atoms. The quantitative estimate of drug-likeness (QED) is 0.439. The van der Waals surface area contributed by atoms with Crippen molar-refractivity contribution in [3.8, 4) is 0 Å². The number of rotatable bonds is 4. The van der Waals surface area contributed by atoms with Crippen LogP contribution in [0, 0.1) is 0 Å². The zero-order valence-corrected chi connectivity index (χ0v) is 10.8. The van der Waals surface area contributed by atoms with Crippen LogP contribution < -0.4 is 0 Å². The molecule has 2 aliphatic rings. The van der Waals surface area contributed by atoms with E-state index in [2.05, 4.69) is 6.58 Å². The standard InChI is InChI=1S/C11H16O3S2/c1-2-3-13-8-9-6-11(7-10(12)14-9)15-4-5-16-11/h2,9H,1,3-8H2. The molecule has 0 aromatic rings. The molecule has 2 aliphatic heterocycles. The smallest absolute Gasteiger partial charge is 0.308 e. The van der Waals surface area contributed by atoms with Crippen molar-refractivity contribution in [1.29, 1.82) is 0 Å². The highest BCUT2D eigenvalue weighted by Gasteiger charge is 2.44. The molecule has 0 aromatic carbocycles. The van der Waals surface area contributed by atoms with Crippen LogP contribution in [-0.4, -0.2) is 40.9 Å². The van der Waals surface area contributed by atoms with Gasteiger partial charge in [-0.15, -0.1) is 30.1 Å². The van der Waals surface area contributed by atoms with Gasteiger partial charge in [0, 0.05) is 17.9 Å². The van der Waals surface area contributed by atoms with Gasteiger partial charge in [0.25, 0.3) is 0 Å². The molecule has 16 heavy (non-hydrogen) atoms. The van der Waals surface area contributed by atoms with E-state index in [0.29, 0.717) is 19.6 Å². The van der Waals surface area contributed by atoms with Crippen LogP contribution in [0.5, 0.6) is 0 Å². The summed E-state index contributed by atoms with van der Waals surface area (Å²) in [5.41, 5.74) is 0. The first-order chi connectivity index (χ1) is 7.74. The normalized spacial score (nSPS) is 28.0. The Kier molecular flexibility index (Phi) is 4.21. The van der Waals surface area contributed by atoms with Crippen molar-refractivity contribution in [1.82, 2.24) is 0 Å². The van der Waals surface area contributed by atoms with Crippen LogP contribution in [0.25, 0.3) is 0 Å². The lowest BCUT2D eigenvalue weighted by Crippen LogP contribution is -2.39. The number of cyclic esters (lactones) is 1. The lowest BCUT2D eigenvalue weighted by Gasteiger charge is -2.35. The summed E-state index contributed by atoms with van der Waals surface area (Å²) in [4.78, 5) is 11.5. The molecule has 2 saturated heterocycles. The van der Waals surface area contributed by atoms with Crippen molar-refractivity contribution >= 4 is 29.5 Å². The minimum atomic E-state index is -0.0840. The van der Waals surface area contributed by atoms with Crippen LogP contribution in [0.1, 0.15) is 12.8 Å². The van der Waals surface area contributed by atoms with Crippen LogP contribution >= 0.6 is 23.5 Å². The summed E-state index contributed by atoms with van der Waals surface area (Å²) in [5.74, 6) is 2.19. The van der Waals surface area contributed by atoms with Gasteiger partial charge in [0.15, 0.2) is 0 Å². The van der Waals surface area contributed by atoms with Crippen molar-refractivity contribution < 1.29 is 14.3 Å². The zero-order valence-electron chi connectivity index (χ0n) is 9.15. The molecule has 1 unspecified atom stereocenters. The molecule has 1 atom stereocenters. The zero-order chi connectivity index (χ0) is 11.4. The largest absolute Gasteiger partial charge is 0.460 e. The molecule has 0 amide bonds. The highest BCUT2D eigenvalue weighted by atomic mass is 32.2. The molecule has 0 radical (unpaired) electrons. The lowest BCUT2D eigenvalue weighted by atomic mass is 10.1. The van der Waals surface area contributed by atoms with Gasteiger partial charge in [0.2, 0.25) is 0 Å². The van der Waals surface area contributed by atoms with Gasteiger partial charge in [0.1, 0.15) is 6.10 Å². The summed E-state index contributed by atoms with van der Waals surface area (Å²) in [6, 6.07) is 0. The maximum Gasteiger partial charge on any atom is 0.308 e. The number of hydrogen-bond donors (Lipinski definition) is 0. The highest BCUT2D eigenvalue weighted by molar-refractivity contribution is 8.21. The van der Waals surface area contributed by atoms with Crippen molar-refractivity contribution in [2.24, 2.45) is 0 Å². The van der Waals surface area contributed by atoms with Gasteiger partial charge in [-0.05, 0) is 0 Å². The monoisotopic (exact) mass is 260 g/mol. The van der Waals surface area contributed by atoms with Crippen molar-refractivity contribution in [2.75, 3.05) is 24.7 Å². The summed E-state index contributed by atoms with van der Waals surface area (Å²) in [6.45, 7) is 4.59. The number of esters is 1. The van der Waals surface area contributed by atoms with Crippen LogP contribution in [0.15, 0.2) is 12.7 Å². The summed E-state index contributed by atoms with van der Waals surface area (Å²) < 4.78 is 10.7. The van der Waals surface area contributed by atoms with Crippen molar-refractivity contribution in [3.63, 3.8) is 0 Å². The molecule has 0 bridgehead atoms.